The number of ether oxygens (including phenoxy) is 1. The third kappa shape index (κ3) is 4.54. The van der Waals surface area contributed by atoms with Crippen LogP contribution in [-0.2, 0) is 4.79 Å². The Balaban J connectivity index is 2.90. The second kappa shape index (κ2) is 4.86. The summed E-state index contributed by atoms with van der Waals surface area (Å²) in [5.74, 6) is -2.42. The highest BCUT2D eigenvalue weighted by Crippen LogP contribution is 2.24. The SMILES string of the molecule is NC(=O)C=Cc1ccc(OC(F)(F)F)cc1F. The van der Waals surface area contributed by atoms with Crippen molar-refractivity contribution < 1.29 is 27.1 Å². The Bertz CT molecular complexity index is 454. The second-order valence-electron chi connectivity index (χ2n) is 2.97. The summed E-state index contributed by atoms with van der Waals surface area (Å²) in [7, 11) is 0. The normalized spacial score (nSPS) is 11.8. The molecule has 1 rings (SSSR count). The molecular formula is C10H7F4NO2. The van der Waals surface area contributed by atoms with Crippen molar-refractivity contribution in [2.24, 2.45) is 5.73 Å². The molecule has 0 radical (unpaired) electrons. The van der Waals surface area contributed by atoms with Crippen LogP contribution in [0.1, 0.15) is 5.56 Å². The average Bonchev–Trinajstić information content (AvgIpc) is 2.13. The summed E-state index contributed by atoms with van der Waals surface area (Å²) in [6.45, 7) is 0. The molecule has 0 unspecified atom stereocenters. The van der Waals surface area contributed by atoms with Crippen molar-refractivity contribution in [1.29, 1.82) is 0 Å². The second-order valence-corrected chi connectivity index (χ2v) is 2.97. The van der Waals surface area contributed by atoms with Gasteiger partial charge < -0.3 is 10.5 Å². The third-order valence-electron chi connectivity index (χ3n) is 1.63. The van der Waals surface area contributed by atoms with E-state index in [0.717, 1.165) is 24.3 Å². The molecular weight excluding hydrogens is 242 g/mol. The van der Waals surface area contributed by atoms with Crippen LogP contribution in [0.2, 0.25) is 0 Å². The van der Waals surface area contributed by atoms with Crippen LogP contribution in [0.5, 0.6) is 5.75 Å². The van der Waals surface area contributed by atoms with Gasteiger partial charge >= 0.3 is 6.36 Å². The van der Waals surface area contributed by atoms with Gasteiger partial charge in [-0.1, -0.05) is 0 Å². The number of amides is 1. The Hall–Kier alpha value is -2.05. The van der Waals surface area contributed by atoms with E-state index in [9.17, 15) is 22.4 Å². The van der Waals surface area contributed by atoms with E-state index in [1.165, 1.54) is 0 Å². The van der Waals surface area contributed by atoms with Crippen LogP contribution < -0.4 is 10.5 Å². The molecule has 1 amide bonds. The first-order valence-corrected chi connectivity index (χ1v) is 4.31. The van der Waals surface area contributed by atoms with Gasteiger partial charge in [-0.3, -0.25) is 4.79 Å². The van der Waals surface area contributed by atoms with Gasteiger partial charge in [0.1, 0.15) is 11.6 Å². The Morgan fingerprint density at radius 3 is 2.47 bits per heavy atom. The maximum atomic E-state index is 13.2. The molecule has 1 aromatic rings. The molecule has 0 spiro atoms. The number of rotatable bonds is 3. The number of carbonyl (C=O) groups is 1. The van der Waals surface area contributed by atoms with Crippen LogP contribution in [-0.4, -0.2) is 12.3 Å². The van der Waals surface area contributed by atoms with Crippen molar-refractivity contribution in [3.8, 4) is 5.75 Å². The molecule has 7 heteroatoms. The fourth-order valence-electron chi connectivity index (χ4n) is 1.01. The first-order valence-electron chi connectivity index (χ1n) is 4.31. The van der Waals surface area contributed by atoms with E-state index in [1.54, 1.807) is 0 Å². The van der Waals surface area contributed by atoms with E-state index in [2.05, 4.69) is 4.74 Å². The van der Waals surface area contributed by atoms with Crippen molar-refractivity contribution in [3.63, 3.8) is 0 Å². The predicted octanol–water partition coefficient (Wildman–Crippen LogP) is 2.22. The van der Waals surface area contributed by atoms with E-state index in [0.29, 0.717) is 6.07 Å². The summed E-state index contributed by atoms with van der Waals surface area (Å²) in [6, 6.07) is 2.53. The summed E-state index contributed by atoms with van der Waals surface area (Å²) >= 11 is 0. The summed E-state index contributed by atoms with van der Waals surface area (Å²) < 4.78 is 52.2. The molecule has 2 N–H and O–H groups in total. The quantitative estimate of drug-likeness (QED) is 0.659. The maximum Gasteiger partial charge on any atom is 0.573 e. The summed E-state index contributed by atoms with van der Waals surface area (Å²) in [5.41, 5.74) is 4.71. The minimum atomic E-state index is -4.88. The van der Waals surface area contributed by atoms with E-state index in [1.807, 2.05) is 0 Å². The first kappa shape index (κ1) is 13.0. The number of alkyl halides is 3. The van der Waals surface area contributed by atoms with E-state index in [4.69, 9.17) is 5.73 Å². The number of hydrogen-bond donors (Lipinski definition) is 1. The van der Waals surface area contributed by atoms with Gasteiger partial charge in [0.15, 0.2) is 0 Å². The zero-order chi connectivity index (χ0) is 13.1. The summed E-state index contributed by atoms with van der Waals surface area (Å²) in [6.07, 6.45) is -2.94. The summed E-state index contributed by atoms with van der Waals surface area (Å²) in [4.78, 5) is 10.4. The lowest BCUT2D eigenvalue weighted by Crippen LogP contribution is -2.17. The maximum absolute atomic E-state index is 13.2. The van der Waals surface area contributed by atoms with Crippen LogP contribution in [0, 0.1) is 5.82 Å². The molecule has 0 atom stereocenters. The number of primary amides is 1. The highest BCUT2D eigenvalue weighted by atomic mass is 19.4. The van der Waals surface area contributed by atoms with Gasteiger partial charge in [-0.15, -0.1) is 13.2 Å². The van der Waals surface area contributed by atoms with Crippen molar-refractivity contribution in [2.45, 2.75) is 6.36 Å². The Morgan fingerprint density at radius 1 is 1.35 bits per heavy atom. The number of carbonyl (C=O) groups excluding carboxylic acids is 1. The van der Waals surface area contributed by atoms with E-state index < -0.39 is 23.8 Å². The molecule has 0 aliphatic rings. The zero-order valence-corrected chi connectivity index (χ0v) is 8.29. The molecule has 17 heavy (non-hydrogen) atoms. The Morgan fingerprint density at radius 2 is 2.00 bits per heavy atom. The van der Waals surface area contributed by atoms with Crippen molar-refractivity contribution in [2.75, 3.05) is 0 Å². The first-order chi connectivity index (χ1) is 7.78. The Labute approximate surface area is 93.5 Å². The molecule has 0 saturated carbocycles. The molecule has 0 saturated heterocycles. The van der Waals surface area contributed by atoms with Crippen molar-refractivity contribution in [1.82, 2.24) is 0 Å². The van der Waals surface area contributed by atoms with E-state index >= 15 is 0 Å². The largest absolute Gasteiger partial charge is 0.573 e. The van der Waals surface area contributed by atoms with E-state index in [-0.39, 0.29) is 5.56 Å². The van der Waals surface area contributed by atoms with Crippen molar-refractivity contribution in [3.05, 3.63) is 35.7 Å². The Kier molecular flexibility index (Phi) is 3.72. The molecule has 0 aromatic heterocycles. The monoisotopic (exact) mass is 249 g/mol. The highest BCUT2D eigenvalue weighted by Gasteiger charge is 2.31. The molecule has 0 aliphatic heterocycles. The topological polar surface area (TPSA) is 52.3 Å². The third-order valence-corrected chi connectivity index (χ3v) is 1.63. The zero-order valence-electron chi connectivity index (χ0n) is 8.29. The molecule has 0 bridgehead atoms. The lowest BCUT2D eigenvalue weighted by molar-refractivity contribution is -0.274. The van der Waals surface area contributed by atoms with Gasteiger partial charge in [0, 0.05) is 17.7 Å². The lowest BCUT2D eigenvalue weighted by Gasteiger charge is -2.09. The minimum Gasteiger partial charge on any atom is -0.406 e. The predicted molar refractivity (Wildman–Crippen MR) is 51.3 cm³/mol. The molecule has 1 aromatic carbocycles. The van der Waals surface area contributed by atoms with Crippen molar-refractivity contribution >= 4 is 12.0 Å². The fourth-order valence-corrected chi connectivity index (χ4v) is 1.01. The van der Waals surface area contributed by atoms with Crippen LogP contribution in [0.4, 0.5) is 17.6 Å². The highest BCUT2D eigenvalue weighted by molar-refractivity contribution is 5.90. The van der Waals surface area contributed by atoms with Crippen LogP contribution in [0.15, 0.2) is 24.3 Å². The van der Waals surface area contributed by atoms with Crippen LogP contribution in [0.3, 0.4) is 0 Å². The lowest BCUT2D eigenvalue weighted by atomic mass is 10.2. The molecule has 92 valence electrons. The average molecular weight is 249 g/mol. The molecule has 3 nitrogen and oxygen atoms in total. The van der Waals surface area contributed by atoms with Crippen LogP contribution >= 0.6 is 0 Å². The molecule has 0 heterocycles. The number of halogens is 4. The van der Waals surface area contributed by atoms with Gasteiger partial charge in [-0.05, 0) is 18.2 Å². The minimum absolute atomic E-state index is 0.0710. The smallest absolute Gasteiger partial charge is 0.406 e. The summed E-state index contributed by atoms with van der Waals surface area (Å²) in [5, 5.41) is 0. The number of hydrogen-bond acceptors (Lipinski definition) is 2. The number of nitrogens with two attached hydrogens (primary N) is 1. The van der Waals surface area contributed by atoms with Crippen LogP contribution in [0.25, 0.3) is 6.08 Å². The molecule has 0 aliphatic carbocycles. The van der Waals surface area contributed by atoms with Gasteiger partial charge in [0.2, 0.25) is 5.91 Å². The molecule has 0 fully saturated rings. The standard InChI is InChI=1S/C10H7F4NO2/c11-8-5-7(17-10(12,13)14)3-1-6(8)2-4-9(15)16/h1-5H,(H2,15,16). The van der Waals surface area contributed by atoms with Gasteiger partial charge in [-0.2, -0.15) is 0 Å². The van der Waals surface area contributed by atoms with Gasteiger partial charge in [0.05, 0.1) is 0 Å². The number of benzene rings is 1. The van der Waals surface area contributed by atoms with Gasteiger partial charge in [0.25, 0.3) is 0 Å². The van der Waals surface area contributed by atoms with Gasteiger partial charge in [-0.25, -0.2) is 4.39 Å². The fraction of sp³-hybridized carbons (Fsp3) is 0.100.